The Balaban J connectivity index is 1.34. The molecule has 7 rings (SSSR count). The third-order valence-corrected chi connectivity index (χ3v) is 16.1. The fourth-order valence-corrected chi connectivity index (χ4v) is 9.21. The van der Waals surface area contributed by atoms with Crippen LogP contribution in [-0.4, -0.2) is 98.0 Å². The summed E-state index contributed by atoms with van der Waals surface area (Å²) in [4.78, 5) is 0. The van der Waals surface area contributed by atoms with E-state index in [4.69, 9.17) is 51.8 Å². The predicted molar refractivity (Wildman–Crippen MR) is 183 cm³/mol. The van der Waals surface area contributed by atoms with Crippen molar-refractivity contribution in [2.24, 2.45) is 11.8 Å². The minimum absolute atomic E-state index is 0.124. The molecule has 2 aromatic carbocycles. The van der Waals surface area contributed by atoms with Gasteiger partial charge in [0.2, 0.25) is 6.79 Å². The first-order valence-electron chi connectivity index (χ1n) is 17.5. The van der Waals surface area contributed by atoms with Crippen LogP contribution in [0.5, 0.6) is 23.0 Å². The lowest BCUT2D eigenvalue weighted by Gasteiger charge is -2.51. The number of rotatable bonds is 8. The monoisotopic (exact) mass is 716 g/mol. The van der Waals surface area contributed by atoms with Gasteiger partial charge in [0.15, 0.2) is 38.7 Å². The molecule has 3 fully saturated rings. The maximum atomic E-state index is 12.0. The van der Waals surface area contributed by atoms with E-state index in [-0.39, 0.29) is 36.2 Å². The Labute approximate surface area is 295 Å². The molecule has 7 unspecified atom stereocenters. The molecule has 0 aromatic heterocycles. The van der Waals surface area contributed by atoms with Crippen molar-refractivity contribution in [2.45, 2.75) is 108 Å². The number of hydrogen-bond acceptors (Lipinski definition) is 12. The van der Waals surface area contributed by atoms with E-state index in [1.165, 1.54) is 0 Å². The zero-order chi connectivity index (χ0) is 35.7. The van der Waals surface area contributed by atoms with Crippen LogP contribution >= 0.6 is 0 Å². The number of ether oxygens (including phenoxy) is 10. The molecule has 50 heavy (non-hydrogen) atoms. The molecule has 1 N–H and O–H groups in total. The quantitative estimate of drug-likeness (QED) is 0.352. The smallest absolute Gasteiger partial charge is 0.231 e. The van der Waals surface area contributed by atoms with Crippen LogP contribution in [0, 0.1) is 18.8 Å². The molecule has 1 aliphatic carbocycles. The van der Waals surface area contributed by atoms with E-state index in [9.17, 15) is 5.11 Å². The van der Waals surface area contributed by atoms with Crippen molar-refractivity contribution in [3.8, 4) is 23.0 Å². The molecule has 0 saturated carbocycles. The molecule has 3 saturated heterocycles. The summed E-state index contributed by atoms with van der Waals surface area (Å²) in [5.41, 5.74) is 3.79. The van der Waals surface area contributed by atoms with Crippen LogP contribution in [0.15, 0.2) is 24.3 Å². The molecule has 0 radical (unpaired) electrons. The first kappa shape index (κ1) is 35.9. The van der Waals surface area contributed by atoms with Crippen LogP contribution < -0.4 is 18.9 Å². The van der Waals surface area contributed by atoms with Crippen LogP contribution in [0.25, 0.3) is 0 Å². The second kappa shape index (κ2) is 13.5. The van der Waals surface area contributed by atoms with Crippen LogP contribution in [0.1, 0.15) is 62.0 Å². The molecule has 4 heterocycles. The number of benzene rings is 2. The summed E-state index contributed by atoms with van der Waals surface area (Å²) < 4.78 is 68.5. The number of methoxy groups -OCH3 is 3. The Bertz CT molecular complexity index is 1530. The van der Waals surface area contributed by atoms with Gasteiger partial charge in [0, 0.05) is 30.4 Å². The van der Waals surface area contributed by atoms with Gasteiger partial charge in [-0.15, -0.1) is 0 Å². The summed E-state index contributed by atoms with van der Waals surface area (Å²) in [5.74, 6) is 2.17. The minimum atomic E-state index is -2.43. The fourth-order valence-electron chi connectivity index (χ4n) is 7.92. The molecular formula is C37H52O12Si. The van der Waals surface area contributed by atoms with Gasteiger partial charge in [0.25, 0.3) is 0 Å². The van der Waals surface area contributed by atoms with Gasteiger partial charge >= 0.3 is 0 Å². The summed E-state index contributed by atoms with van der Waals surface area (Å²) in [6, 6.07) is 8.18. The van der Waals surface area contributed by atoms with Gasteiger partial charge in [0.05, 0.1) is 33.5 Å². The molecule has 0 bridgehead atoms. The third-order valence-electron chi connectivity index (χ3n) is 11.6. The van der Waals surface area contributed by atoms with Crippen molar-refractivity contribution in [1.29, 1.82) is 0 Å². The molecule has 5 aliphatic rings. The first-order chi connectivity index (χ1) is 23.8. The fraction of sp³-hybridized carbons (Fsp3) is 0.676. The summed E-state index contributed by atoms with van der Waals surface area (Å²) in [7, 11) is 2.56. The summed E-state index contributed by atoms with van der Waals surface area (Å²) in [5, 5.41) is 11.8. The minimum Gasteiger partial charge on any atom is -0.496 e. The van der Waals surface area contributed by atoms with Crippen molar-refractivity contribution in [3.05, 3.63) is 46.5 Å². The molecule has 2 aromatic rings. The Kier molecular flexibility index (Phi) is 9.70. The van der Waals surface area contributed by atoms with E-state index in [2.05, 4.69) is 46.0 Å². The molecule has 13 heteroatoms. The van der Waals surface area contributed by atoms with Crippen LogP contribution in [0.4, 0.5) is 0 Å². The van der Waals surface area contributed by atoms with Crippen LogP contribution in [0.3, 0.4) is 0 Å². The molecular weight excluding hydrogens is 664 g/mol. The Morgan fingerprint density at radius 3 is 2.14 bits per heavy atom. The highest BCUT2D eigenvalue weighted by molar-refractivity contribution is 6.74. The molecule has 276 valence electrons. The van der Waals surface area contributed by atoms with Crippen molar-refractivity contribution < 1.29 is 56.9 Å². The Morgan fingerprint density at radius 2 is 1.52 bits per heavy atom. The van der Waals surface area contributed by atoms with Crippen molar-refractivity contribution in [1.82, 2.24) is 0 Å². The van der Waals surface area contributed by atoms with Gasteiger partial charge in [-0.05, 0) is 72.9 Å². The zero-order valence-electron chi connectivity index (χ0n) is 30.7. The summed E-state index contributed by atoms with van der Waals surface area (Å²) in [6.45, 7) is 15.4. The van der Waals surface area contributed by atoms with Gasteiger partial charge < -0.3 is 56.9 Å². The molecule has 12 nitrogen and oxygen atoms in total. The highest BCUT2D eigenvalue weighted by atomic mass is 28.4. The van der Waals surface area contributed by atoms with Crippen molar-refractivity contribution in [2.75, 3.05) is 41.3 Å². The van der Waals surface area contributed by atoms with E-state index < -0.39 is 57.7 Å². The van der Waals surface area contributed by atoms with E-state index in [1.807, 2.05) is 26.0 Å². The van der Waals surface area contributed by atoms with Gasteiger partial charge in [-0.25, -0.2) is 0 Å². The standard InChI is InChI=1S/C37H52O12Si/c1-18-24(39-6)11-20(12-25(18)40-7)29-21-13-26-27(45-17-44-26)14-22(21)32(23-15-43-35(41-8)30(23)29)48-36-34(49-50(9,10)37(3,4)5)31(38)33-28(47-36)16-42-19(2)46-33/h11-14,19,23,28-36,38H,15-17H2,1-10H3/t19?,23-,28?,29+,30-,31?,32+,33?,34?,35?,36?/m0/s1. The second-order valence-electron chi connectivity index (χ2n) is 15.5. The number of aliphatic hydroxyl groups excluding tert-OH is 1. The maximum absolute atomic E-state index is 12.0. The Hall–Kier alpha value is -2.46. The van der Waals surface area contributed by atoms with Crippen molar-refractivity contribution in [3.63, 3.8) is 0 Å². The van der Waals surface area contributed by atoms with Gasteiger partial charge in [-0.2, -0.15) is 0 Å². The van der Waals surface area contributed by atoms with Crippen LogP contribution in [0.2, 0.25) is 18.1 Å². The second-order valence-corrected chi connectivity index (χ2v) is 20.2. The SMILES string of the molecule is COc1cc([C@@H]2c3cc4c(cc3[C@@H](OC3OC5COC(C)OC5C(O)C3O[Si](C)(C)C(C)(C)C)[C@H]3COC(OC)[C@H]23)OCO4)cc(OC)c1C. The third kappa shape index (κ3) is 6.11. The topological polar surface area (TPSA) is 122 Å². The average Bonchev–Trinajstić information content (AvgIpc) is 3.72. The van der Waals surface area contributed by atoms with Crippen LogP contribution in [-0.2, 0) is 32.8 Å². The lowest BCUT2D eigenvalue weighted by Crippen LogP contribution is -2.66. The number of fused-ring (bicyclic) bond motifs is 4. The largest absolute Gasteiger partial charge is 0.496 e. The highest BCUT2D eigenvalue weighted by Crippen LogP contribution is 2.58. The summed E-state index contributed by atoms with van der Waals surface area (Å²) >= 11 is 0. The Morgan fingerprint density at radius 1 is 0.860 bits per heavy atom. The lowest BCUT2D eigenvalue weighted by atomic mass is 9.65. The van der Waals surface area contributed by atoms with E-state index in [1.54, 1.807) is 21.3 Å². The van der Waals surface area contributed by atoms with E-state index in [0.29, 0.717) is 18.1 Å². The first-order valence-corrected chi connectivity index (χ1v) is 20.4. The van der Waals surface area contributed by atoms with E-state index in [0.717, 1.165) is 33.8 Å². The maximum Gasteiger partial charge on any atom is 0.231 e. The van der Waals surface area contributed by atoms with Crippen molar-refractivity contribution >= 4 is 8.32 Å². The highest BCUT2D eigenvalue weighted by Gasteiger charge is 2.57. The average molecular weight is 717 g/mol. The molecule has 4 aliphatic heterocycles. The number of hydrogen-bond donors (Lipinski definition) is 1. The lowest BCUT2D eigenvalue weighted by molar-refractivity contribution is -0.362. The predicted octanol–water partition coefficient (Wildman–Crippen LogP) is 5.42. The number of aliphatic hydroxyl groups is 1. The summed E-state index contributed by atoms with van der Waals surface area (Å²) in [6.07, 6.45) is -5.50. The van der Waals surface area contributed by atoms with Gasteiger partial charge in [-0.1, -0.05) is 20.8 Å². The van der Waals surface area contributed by atoms with E-state index >= 15 is 0 Å². The molecule has 0 spiro atoms. The van der Waals surface area contributed by atoms with Gasteiger partial charge in [0.1, 0.15) is 35.9 Å². The zero-order valence-corrected chi connectivity index (χ0v) is 31.7. The van der Waals surface area contributed by atoms with Gasteiger partial charge in [-0.3, -0.25) is 0 Å². The molecule has 11 atom stereocenters. The molecule has 0 amide bonds. The normalized spacial score (nSPS) is 34.9.